The summed E-state index contributed by atoms with van der Waals surface area (Å²) in [5, 5.41) is 0.831. The number of aromatic nitrogens is 4. The first-order valence-corrected chi connectivity index (χ1v) is 11.0. The molecule has 4 rings (SSSR count). The Hall–Kier alpha value is -2.65. The average Bonchev–Trinajstić information content (AvgIpc) is 3.32. The molecule has 0 unspecified atom stereocenters. The Morgan fingerprint density at radius 3 is 2.87 bits per heavy atom. The fraction of sp³-hybridized carbons (Fsp3) is 0.429. The van der Waals surface area contributed by atoms with Gasteiger partial charge in [-0.1, -0.05) is 24.8 Å². The Morgan fingerprint density at radius 2 is 2.13 bits per heavy atom. The number of ketones is 1. The number of ether oxygens (including phenoxy) is 1. The van der Waals surface area contributed by atoms with Crippen molar-refractivity contribution in [1.82, 2.24) is 24.4 Å². The summed E-state index contributed by atoms with van der Waals surface area (Å²) in [6.45, 7) is 5.16. The van der Waals surface area contributed by atoms with E-state index in [4.69, 9.17) is 15.5 Å². The molecule has 0 radical (unpaired) electrons. The number of anilines is 1. The maximum atomic E-state index is 11.5. The third kappa shape index (κ3) is 4.27. The molecule has 158 valence electrons. The Labute approximate surface area is 179 Å². The number of aryl methyl sites for hydroxylation is 2. The predicted octanol–water partition coefficient (Wildman–Crippen LogP) is 2.80. The van der Waals surface area contributed by atoms with Gasteiger partial charge in [-0.05, 0) is 30.5 Å². The third-order valence-corrected chi connectivity index (χ3v) is 6.44. The maximum absolute atomic E-state index is 11.5. The second kappa shape index (κ2) is 9.01. The Bertz CT molecular complexity index is 1070. The second-order valence-electron chi connectivity index (χ2n) is 7.32. The Morgan fingerprint density at radius 1 is 1.27 bits per heavy atom. The molecule has 3 aromatic rings. The van der Waals surface area contributed by atoms with E-state index in [1.165, 1.54) is 11.9 Å². The first-order valence-electron chi connectivity index (χ1n) is 10.1. The van der Waals surface area contributed by atoms with Crippen molar-refractivity contribution in [1.29, 1.82) is 0 Å². The van der Waals surface area contributed by atoms with Gasteiger partial charge < -0.3 is 15.0 Å². The lowest BCUT2D eigenvalue weighted by Crippen LogP contribution is -2.23. The van der Waals surface area contributed by atoms with Crippen molar-refractivity contribution in [2.75, 3.05) is 32.5 Å². The molecule has 0 spiro atoms. The molecule has 30 heavy (non-hydrogen) atoms. The van der Waals surface area contributed by atoms with E-state index in [0.717, 1.165) is 53.9 Å². The number of hydrogen-bond donors (Lipinski definition) is 1. The second-order valence-corrected chi connectivity index (χ2v) is 8.33. The molecule has 1 saturated heterocycles. The van der Waals surface area contributed by atoms with Gasteiger partial charge in [-0.15, -0.1) is 0 Å². The van der Waals surface area contributed by atoms with Gasteiger partial charge in [-0.2, -0.15) is 0 Å². The highest BCUT2D eigenvalue weighted by Crippen LogP contribution is 2.35. The molecule has 2 aromatic heterocycles. The number of likely N-dealkylation sites (tertiary alicyclic amines) is 1. The van der Waals surface area contributed by atoms with Crippen LogP contribution in [0.3, 0.4) is 0 Å². The Kier molecular flexibility index (Phi) is 6.19. The molecule has 8 nitrogen and oxygen atoms in total. The van der Waals surface area contributed by atoms with Gasteiger partial charge >= 0.3 is 0 Å². The minimum atomic E-state index is 0.324. The topological polar surface area (TPSA) is 99.2 Å². The lowest BCUT2D eigenvalue weighted by molar-refractivity contribution is -0.116. The highest BCUT2D eigenvalue weighted by molar-refractivity contribution is 7.99. The first kappa shape index (κ1) is 20.6. The molecule has 0 amide bonds. The quantitative estimate of drug-likeness (QED) is 0.587. The molecule has 1 aromatic carbocycles. The number of rotatable bonds is 8. The van der Waals surface area contributed by atoms with Crippen LogP contribution >= 0.6 is 11.8 Å². The van der Waals surface area contributed by atoms with Crippen LogP contribution in [0.4, 0.5) is 5.82 Å². The lowest BCUT2D eigenvalue weighted by Gasteiger charge is -2.15. The van der Waals surface area contributed by atoms with Crippen LogP contribution in [0.5, 0.6) is 5.75 Å². The third-order valence-electron chi connectivity index (χ3n) is 5.34. The van der Waals surface area contributed by atoms with E-state index in [2.05, 4.69) is 32.4 Å². The maximum Gasteiger partial charge on any atom is 0.175 e. The van der Waals surface area contributed by atoms with Crippen LogP contribution in [-0.4, -0.2) is 56.9 Å². The number of benzene rings is 1. The monoisotopic (exact) mass is 426 g/mol. The number of nitrogens with zero attached hydrogens (tertiary/aromatic N) is 5. The molecular formula is C21H26N6O2S. The van der Waals surface area contributed by atoms with Crippen molar-refractivity contribution in [3.8, 4) is 5.75 Å². The molecule has 1 fully saturated rings. The van der Waals surface area contributed by atoms with E-state index in [1.54, 1.807) is 18.9 Å². The predicted molar refractivity (Wildman–Crippen MR) is 117 cm³/mol. The van der Waals surface area contributed by atoms with Gasteiger partial charge in [0.05, 0.1) is 13.7 Å². The van der Waals surface area contributed by atoms with Gasteiger partial charge in [-0.25, -0.2) is 15.0 Å². The van der Waals surface area contributed by atoms with Crippen LogP contribution in [0.15, 0.2) is 34.6 Å². The summed E-state index contributed by atoms with van der Waals surface area (Å²) in [6.07, 6.45) is 3.95. The van der Waals surface area contributed by atoms with Gasteiger partial charge in [-0.3, -0.25) is 9.69 Å². The van der Waals surface area contributed by atoms with E-state index in [-0.39, 0.29) is 0 Å². The highest BCUT2D eigenvalue weighted by Gasteiger charge is 2.20. The van der Waals surface area contributed by atoms with E-state index in [1.807, 2.05) is 12.1 Å². The number of fused-ring (bicyclic) bond motifs is 1. The van der Waals surface area contributed by atoms with Crippen LogP contribution in [0.2, 0.25) is 0 Å². The molecule has 2 N–H and O–H groups in total. The van der Waals surface area contributed by atoms with Crippen molar-refractivity contribution in [2.45, 2.75) is 42.8 Å². The lowest BCUT2D eigenvalue weighted by atomic mass is 10.2. The van der Waals surface area contributed by atoms with E-state index < -0.39 is 0 Å². The smallest absolute Gasteiger partial charge is 0.175 e. The van der Waals surface area contributed by atoms with Crippen molar-refractivity contribution in [3.63, 3.8) is 0 Å². The van der Waals surface area contributed by atoms with Crippen molar-refractivity contribution >= 4 is 34.5 Å². The average molecular weight is 427 g/mol. The summed E-state index contributed by atoms with van der Waals surface area (Å²) >= 11 is 1.59. The molecule has 3 heterocycles. The molecule has 0 atom stereocenters. The summed E-state index contributed by atoms with van der Waals surface area (Å²) in [6, 6.07) is 6.11. The summed E-state index contributed by atoms with van der Waals surface area (Å²) in [5.74, 6) is 1.52. The van der Waals surface area contributed by atoms with Gasteiger partial charge in [0.1, 0.15) is 17.9 Å². The number of imidazole rings is 1. The summed E-state index contributed by atoms with van der Waals surface area (Å²) in [5.41, 5.74) is 8.67. The molecule has 1 aliphatic heterocycles. The fourth-order valence-electron chi connectivity index (χ4n) is 3.69. The van der Waals surface area contributed by atoms with Gasteiger partial charge in [0, 0.05) is 31.0 Å². The number of Topliss-reactive ketones (excluding diaryl/α,β-unsaturated/α-hetero) is 1. The number of nitrogen functional groups attached to an aromatic ring is 1. The summed E-state index contributed by atoms with van der Waals surface area (Å²) < 4.78 is 7.52. The number of nitrogens with two attached hydrogens (primary N) is 1. The highest BCUT2D eigenvalue weighted by atomic mass is 32.2. The molecule has 9 heteroatoms. The van der Waals surface area contributed by atoms with E-state index >= 15 is 0 Å². The number of hydrogen-bond acceptors (Lipinski definition) is 8. The van der Waals surface area contributed by atoms with Crippen LogP contribution in [-0.2, 0) is 17.8 Å². The van der Waals surface area contributed by atoms with Crippen molar-refractivity contribution in [3.05, 3.63) is 30.1 Å². The number of carbonyl (C=O) groups excluding carboxylic acids is 1. The molecule has 0 bridgehead atoms. The van der Waals surface area contributed by atoms with Gasteiger partial charge in [0.15, 0.2) is 22.1 Å². The Balaban J connectivity index is 1.63. The molecule has 0 aliphatic carbocycles. The standard InChI is InChI=1S/C21H26N6O2S/c1-3-14-5-6-16(29-2)11-17(14)30-21-25-18-19(22)23-13-24-20(18)27(21)9-4-8-26-10-7-15(28)12-26/h5-6,11,13H,3-4,7-10,12H2,1-2H3,(H2,22,23,24). The van der Waals surface area contributed by atoms with Crippen LogP contribution in [0, 0.1) is 0 Å². The van der Waals surface area contributed by atoms with Gasteiger partial charge in [0.25, 0.3) is 0 Å². The summed E-state index contributed by atoms with van der Waals surface area (Å²) in [7, 11) is 1.67. The van der Waals surface area contributed by atoms with E-state index in [9.17, 15) is 4.79 Å². The SMILES string of the molecule is CCc1ccc(OC)cc1Sc1nc2c(N)ncnc2n1CCCN1CCC(=O)C1. The molecule has 1 aliphatic rings. The van der Waals surface area contributed by atoms with Crippen molar-refractivity contribution < 1.29 is 9.53 Å². The molecular weight excluding hydrogens is 400 g/mol. The zero-order valence-corrected chi connectivity index (χ0v) is 18.1. The first-order chi connectivity index (χ1) is 14.6. The van der Waals surface area contributed by atoms with Crippen LogP contribution in [0.25, 0.3) is 11.2 Å². The fourth-order valence-corrected chi connectivity index (χ4v) is 4.83. The van der Waals surface area contributed by atoms with Gasteiger partial charge in [0.2, 0.25) is 0 Å². The minimum absolute atomic E-state index is 0.324. The zero-order valence-electron chi connectivity index (χ0n) is 17.3. The normalized spacial score (nSPS) is 14.7. The number of methoxy groups -OCH3 is 1. The largest absolute Gasteiger partial charge is 0.497 e. The summed E-state index contributed by atoms with van der Waals surface area (Å²) in [4.78, 5) is 28.1. The van der Waals surface area contributed by atoms with E-state index in [0.29, 0.717) is 30.1 Å². The van der Waals surface area contributed by atoms with Crippen LogP contribution in [0.1, 0.15) is 25.3 Å². The minimum Gasteiger partial charge on any atom is -0.497 e. The van der Waals surface area contributed by atoms with Crippen molar-refractivity contribution in [2.24, 2.45) is 0 Å². The van der Waals surface area contributed by atoms with Crippen LogP contribution < -0.4 is 10.5 Å². The zero-order chi connectivity index (χ0) is 21.1. The number of carbonyl (C=O) groups is 1. The molecule has 0 saturated carbocycles.